The van der Waals surface area contributed by atoms with Crippen molar-refractivity contribution in [1.29, 1.82) is 0 Å². The number of hydrogen-bond donors (Lipinski definition) is 1. The van der Waals surface area contributed by atoms with Gasteiger partial charge in [0.1, 0.15) is 5.00 Å². The molecule has 0 unspecified atom stereocenters. The zero-order valence-electron chi connectivity index (χ0n) is 6.46. The molecule has 0 atom stereocenters. The zero-order chi connectivity index (χ0) is 8.43. The van der Waals surface area contributed by atoms with Crippen molar-refractivity contribution in [2.45, 2.75) is 19.8 Å². The van der Waals surface area contributed by atoms with E-state index in [0.717, 1.165) is 5.69 Å². The molecule has 0 amide bonds. The van der Waals surface area contributed by atoms with E-state index >= 15 is 0 Å². The number of aromatic nitrogens is 1. The van der Waals surface area contributed by atoms with Crippen molar-refractivity contribution in [3.8, 4) is 0 Å². The quantitative estimate of drug-likeness (QED) is 0.652. The van der Waals surface area contributed by atoms with Gasteiger partial charge in [-0.1, -0.05) is 13.8 Å². The van der Waals surface area contributed by atoms with Gasteiger partial charge in [0.2, 0.25) is 5.69 Å². The maximum atomic E-state index is 6.85. The van der Waals surface area contributed by atoms with Crippen molar-refractivity contribution >= 4 is 22.2 Å². The summed E-state index contributed by atoms with van der Waals surface area (Å²) >= 11 is 1.20. The molecule has 0 radical (unpaired) electrons. The predicted molar refractivity (Wildman–Crippen MR) is 46.9 cm³/mol. The number of nitrogens with two attached hydrogens (primary N) is 1. The summed E-state index contributed by atoms with van der Waals surface area (Å²) in [5.74, 6) is 0.285. The molecule has 0 fully saturated rings. The molecule has 0 aromatic carbocycles. The fourth-order valence-electron chi connectivity index (χ4n) is 0.802. The Kier molecular flexibility index (Phi) is 2.11. The van der Waals surface area contributed by atoms with Crippen LogP contribution in [0, 0.1) is 6.57 Å². The molecule has 1 aromatic heterocycles. The predicted octanol–water partition coefficient (Wildman–Crippen LogP) is 2.40. The Morgan fingerprint density at radius 2 is 2.27 bits per heavy atom. The summed E-state index contributed by atoms with van der Waals surface area (Å²) in [7, 11) is 0. The molecule has 0 saturated heterocycles. The molecule has 1 aromatic rings. The zero-order valence-corrected chi connectivity index (χ0v) is 7.27. The Bertz CT molecular complexity index is 295. The minimum absolute atomic E-state index is 0.285. The highest BCUT2D eigenvalue weighted by molar-refractivity contribution is 7.10. The summed E-state index contributed by atoms with van der Waals surface area (Å²) in [6.07, 6.45) is 0. The van der Waals surface area contributed by atoms with Gasteiger partial charge in [0.05, 0.1) is 12.3 Å². The fourth-order valence-corrected chi connectivity index (χ4v) is 1.53. The Morgan fingerprint density at radius 3 is 2.64 bits per heavy atom. The molecule has 1 rings (SSSR count). The van der Waals surface area contributed by atoms with Crippen LogP contribution in [0.15, 0.2) is 0 Å². The van der Waals surface area contributed by atoms with Crippen LogP contribution < -0.4 is 5.73 Å². The van der Waals surface area contributed by atoms with E-state index in [0.29, 0.717) is 10.7 Å². The van der Waals surface area contributed by atoms with E-state index in [-0.39, 0.29) is 5.92 Å². The monoisotopic (exact) mass is 167 g/mol. The van der Waals surface area contributed by atoms with Crippen LogP contribution in [0.1, 0.15) is 25.5 Å². The summed E-state index contributed by atoms with van der Waals surface area (Å²) in [6.45, 7) is 10.9. The van der Waals surface area contributed by atoms with Gasteiger partial charge in [-0.3, -0.25) is 0 Å². The van der Waals surface area contributed by atoms with E-state index in [9.17, 15) is 0 Å². The molecular weight excluding hydrogens is 158 g/mol. The second-order valence-electron chi connectivity index (χ2n) is 2.55. The van der Waals surface area contributed by atoms with Gasteiger partial charge < -0.3 is 5.73 Å². The lowest BCUT2D eigenvalue weighted by Gasteiger charge is -1.98. The molecular formula is C7H9N3S. The molecule has 1 heterocycles. The first kappa shape index (κ1) is 8.02. The Hall–Kier alpha value is -1.08. The summed E-state index contributed by atoms with van der Waals surface area (Å²) < 4.78 is 4.09. The maximum Gasteiger partial charge on any atom is 0.243 e. The minimum Gasteiger partial charge on any atom is -0.398 e. The van der Waals surface area contributed by atoms with Crippen molar-refractivity contribution in [3.63, 3.8) is 0 Å². The highest BCUT2D eigenvalue weighted by Gasteiger charge is 2.13. The van der Waals surface area contributed by atoms with Gasteiger partial charge in [-0.2, -0.15) is 0 Å². The number of nitrogens with zero attached hydrogens (tertiary/aromatic N) is 2. The topological polar surface area (TPSA) is 43.3 Å². The molecule has 2 N–H and O–H groups in total. The van der Waals surface area contributed by atoms with Crippen molar-refractivity contribution in [2.24, 2.45) is 0 Å². The van der Waals surface area contributed by atoms with E-state index < -0.39 is 0 Å². The lowest BCUT2D eigenvalue weighted by atomic mass is 10.1. The number of hydrogen-bond acceptors (Lipinski definition) is 3. The summed E-state index contributed by atoms with van der Waals surface area (Å²) in [5, 5.41) is 0.531. The summed E-state index contributed by atoms with van der Waals surface area (Å²) in [6, 6.07) is 0. The largest absolute Gasteiger partial charge is 0.398 e. The lowest BCUT2D eigenvalue weighted by Crippen LogP contribution is -1.86. The third-order valence-electron chi connectivity index (χ3n) is 1.38. The van der Waals surface area contributed by atoms with Crippen LogP contribution >= 0.6 is 11.5 Å². The molecule has 0 saturated carbocycles. The molecule has 4 heteroatoms. The van der Waals surface area contributed by atoms with Gasteiger partial charge in [0.15, 0.2) is 0 Å². The molecule has 0 aliphatic rings. The van der Waals surface area contributed by atoms with Crippen LogP contribution in [0.2, 0.25) is 0 Å². The van der Waals surface area contributed by atoms with Crippen LogP contribution in [0.25, 0.3) is 4.85 Å². The van der Waals surface area contributed by atoms with Gasteiger partial charge in [-0.05, 0) is 17.5 Å². The minimum atomic E-state index is 0.285. The second kappa shape index (κ2) is 2.89. The molecule has 58 valence electrons. The van der Waals surface area contributed by atoms with Gasteiger partial charge in [0.25, 0.3) is 0 Å². The first-order valence-electron chi connectivity index (χ1n) is 3.29. The van der Waals surface area contributed by atoms with Gasteiger partial charge in [0, 0.05) is 0 Å². The lowest BCUT2D eigenvalue weighted by molar-refractivity contribution is 0.845. The Morgan fingerprint density at radius 1 is 1.64 bits per heavy atom. The van der Waals surface area contributed by atoms with Crippen LogP contribution in [0.3, 0.4) is 0 Å². The SMILES string of the molecule is [C-]#[N+]c1c(C(C)C)nsc1N. The molecule has 0 bridgehead atoms. The van der Waals surface area contributed by atoms with Crippen molar-refractivity contribution < 1.29 is 0 Å². The molecule has 0 aliphatic carbocycles. The highest BCUT2D eigenvalue weighted by atomic mass is 32.1. The summed E-state index contributed by atoms with van der Waals surface area (Å²) in [4.78, 5) is 3.32. The Balaban J connectivity index is 3.19. The standard InChI is InChI=1S/C7H9N3S/c1-4(2)5-6(9-3)7(8)11-10-5/h4H,8H2,1-2H3. The van der Waals surface area contributed by atoms with Gasteiger partial charge in [-0.25, -0.2) is 9.22 Å². The third kappa shape index (κ3) is 1.33. The average molecular weight is 167 g/mol. The van der Waals surface area contributed by atoms with Crippen molar-refractivity contribution in [2.75, 3.05) is 5.73 Å². The van der Waals surface area contributed by atoms with E-state index in [1.807, 2.05) is 13.8 Å². The first-order chi connectivity index (χ1) is 5.16. The van der Waals surface area contributed by atoms with E-state index in [2.05, 4.69) is 9.22 Å². The highest BCUT2D eigenvalue weighted by Crippen LogP contribution is 2.34. The number of rotatable bonds is 1. The smallest absolute Gasteiger partial charge is 0.243 e. The van der Waals surface area contributed by atoms with Crippen LogP contribution in [0.4, 0.5) is 10.7 Å². The Labute approximate surface area is 69.8 Å². The van der Waals surface area contributed by atoms with E-state index in [4.69, 9.17) is 12.3 Å². The van der Waals surface area contributed by atoms with Crippen molar-refractivity contribution in [1.82, 2.24) is 4.37 Å². The number of nitrogen functional groups attached to an aromatic ring is 1. The van der Waals surface area contributed by atoms with E-state index in [1.165, 1.54) is 11.5 Å². The average Bonchev–Trinajstić information content (AvgIpc) is 2.30. The normalized spacial score (nSPS) is 10.0. The number of anilines is 1. The maximum absolute atomic E-state index is 6.85. The van der Waals surface area contributed by atoms with Crippen LogP contribution in [-0.2, 0) is 0 Å². The van der Waals surface area contributed by atoms with Crippen LogP contribution in [-0.4, -0.2) is 4.37 Å². The molecule has 3 nitrogen and oxygen atoms in total. The van der Waals surface area contributed by atoms with E-state index in [1.54, 1.807) is 0 Å². The first-order valence-corrected chi connectivity index (χ1v) is 4.06. The second-order valence-corrected chi connectivity index (χ2v) is 3.35. The van der Waals surface area contributed by atoms with Crippen LogP contribution in [0.5, 0.6) is 0 Å². The van der Waals surface area contributed by atoms with Crippen molar-refractivity contribution in [3.05, 3.63) is 17.1 Å². The fraction of sp³-hybridized carbons (Fsp3) is 0.429. The molecule has 11 heavy (non-hydrogen) atoms. The summed E-state index contributed by atoms with van der Waals surface area (Å²) in [5.41, 5.74) is 6.89. The third-order valence-corrected chi connectivity index (χ3v) is 2.06. The molecule has 0 aliphatic heterocycles. The van der Waals surface area contributed by atoms with Gasteiger partial charge in [-0.15, -0.1) is 0 Å². The molecule has 0 spiro atoms. The van der Waals surface area contributed by atoms with Gasteiger partial charge >= 0.3 is 0 Å².